The van der Waals surface area contributed by atoms with E-state index in [9.17, 15) is 4.79 Å². The topological polar surface area (TPSA) is 26.3 Å². The Bertz CT molecular complexity index is 163. The van der Waals surface area contributed by atoms with Gasteiger partial charge in [-0.1, -0.05) is 6.58 Å². The lowest BCUT2D eigenvalue weighted by Crippen LogP contribution is -2.45. The fourth-order valence-corrected chi connectivity index (χ4v) is 0.374. The Balaban J connectivity index is 0. The Hall–Kier alpha value is -0.540. The Morgan fingerprint density at radius 2 is 1.85 bits per heavy atom. The highest BCUT2D eigenvalue weighted by Gasteiger charge is 2.20. The van der Waals surface area contributed by atoms with Crippen molar-refractivity contribution in [3.63, 3.8) is 0 Å². The van der Waals surface area contributed by atoms with E-state index >= 15 is 0 Å². The van der Waals surface area contributed by atoms with Gasteiger partial charge in [-0.15, -0.1) is 11.6 Å². The maximum absolute atomic E-state index is 10.7. The van der Waals surface area contributed by atoms with E-state index in [1.807, 2.05) is 28.1 Å². The maximum atomic E-state index is 10.7. The van der Waals surface area contributed by atoms with Crippen molar-refractivity contribution in [2.75, 3.05) is 27.5 Å². The van der Waals surface area contributed by atoms with Gasteiger partial charge < -0.3 is 4.74 Å². The summed E-state index contributed by atoms with van der Waals surface area (Å²) in [5.74, 6) is -0.370. The van der Waals surface area contributed by atoms with Crippen molar-refractivity contribution in [3.8, 4) is 0 Å². The molecule has 1 atom stereocenters. The van der Waals surface area contributed by atoms with Crippen molar-refractivity contribution in [2.24, 2.45) is 0 Å². The second-order valence-corrected chi connectivity index (χ2v) is 3.36. The van der Waals surface area contributed by atoms with Gasteiger partial charge in [-0.2, -0.15) is 0 Å². The minimum Gasteiger partial charge on any atom is -0.410 e. The van der Waals surface area contributed by atoms with Gasteiger partial charge >= 0.3 is 5.97 Å². The van der Waals surface area contributed by atoms with E-state index < -0.39 is 0 Å². The van der Waals surface area contributed by atoms with E-state index in [2.05, 4.69) is 18.2 Å². The van der Waals surface area contributed by atoms with Gasteiger partial charge in [-0.3, -0.25) is 4.48 Å². The van der Waals surface area contributed by atoms with Gasteiger partial charge in [0, 0.05) is 19.4 Å². The zero-order chi connectivity index (χ0) is 11.1. The number of nitrogens with zero attached hydrogens (tertiary/aromatic N) is 1. The number of carbonyl (C=O) groups excluding carboxylic acids is 1. The van der Waals surface area contributed by atoms with E-state index in [-0.39, 0.29) is 12.2 Å². The second kappa shape index (κ2) is 6.92. The lowest BCUT2D eigenvalue weighted by molar-refractivity contribution is -0.914. The van der Waals surface area contributed by atoms with Crippen LogP contribution in [0, 0.1) is 0 Å². The van der Waals surface area contributed by atoms with E-state index in [1.54, 1.807) is 0 Å². The first-order valence-corrected chi connectivity index (χ1v) is 4.65. The molecule has 0 rings (SSSR count). The van der Waals surface area contributed by atoms with Gasteiger partial charge in [-0.25, -0.2) is 4.79 Å². The molecule has 0 saturated carbocycles. The van der Waals surface area contributed by atoms with Crippen LogP contribution in [0.25, 0.3) is 0 Å². The minimum atomic E-state index is -0.370. The van der Waals surface area contributed by atoms with Crippen LogP contribution in [0.5, 0.6) is 0 Å². The number of quaternary nitrogens is 1. The van der Waals surface area contributed by atoms with Crippen LogP contribution in [-0.2, 0) is 9.53 Å². The molecule has 13 heavy (non-hydrogen) atoms. The van der Waals surface area contributed by atoms with Crippen LogP contribution in [0.15, 0.2) is 12.7 Å². The lowest BCUT2D eigenvalue weighted by Gasteiger charge is -2.29. The number of carbonyl (C=O) groups is 1. The van der Waals surface area contributed by atoms with Gasteiger partial charge in [0.05, 0.1) is 21.1 Å². The van der Waals surface area contributed by atoms with Gasteiger partial charge in [0.1, 0.15) is 0 Å². The normalized spacial score (nSPS) is 12.2. The molecule has 4 heteroatoms. The molecule has 0 N–H and O–H groups in total. The van der Waals surface area contributed by atoms with Crippen molar-refractivity contribution < 1.29 is 14.0 Å². The van der Waals surface area contributed by atoms with Crippen molar-refractivity contribution in [2.45, 2.75) is 13.2 Å². The molecular weight excluding hydrogens is 190 g/mol. The van der Waals surface area contributed by atoms with Crippen LogP contribution in [0.2, 0.25) is 0 Å². The summed E-state index contributed by atoms with van der Waals surface area (Å²) in [5.41, 5.74) is 0. The molecule has 0 aliphatic heterocycles. The van der Waals surface area contributed by atoms with Crippen molar-refractivity contribution in [1.29, 1.82) is 0 Å². The first-order chi connectivity index (χ1) is 5.88. The molecule has 0 aliphatic carbocycles. The smallest absolute Gasteiger partial charge is 0.334 e. The minimum absolute atomic E-state index is 0.138. The van der Waals surface area contributed by atoms with Gasteiger partial charge in [0.2, 0.25) is 6.23 Å². The van der Waals surface area contributed by atoms with Crippen LogP contribution < -0.4 is 0 Å². The summed E-state index contributed by atoms with van der Waals surface area (Å²) >= 11 is 4.64. The molecule has 1 unspecified atom stereocenters. The standard InChI is InChI=1S/C8H16NO2.CH3Cl/c1-6-8(10)11-7(2)9(3,4)5;1-2/h6-7H,1H2,2-5H3;1H3/q+1;. The number of halogens is 1. The molecule has 0 bridgehead atoms. The van der Waals surface area contributed by atoms with E-state index in [1.165, 1.54) is 12.5 Å². The Kier molecular flexibility index (Phi) is 7.96. The summed E-state index contributed by atoms with van der Waals surface area (Å²) in [5, 5.41) is 0. The SMILES string of the molecule is C=CC(=O)OC(C)[N+](C)(C)C.CCl. The molecule has 0 spiro atoms. The number of hydrogen-bond acceptors (Lipinski definition) is 2. The quantitative estimate of drug-likeness (QED) is 0.232. The monoisotopic (exact) mass is 208 g/mol. The molecule has 0 heterocycles. The summed E-state index contributed by atoms with van der Waals surface area (Å²) in [6, 6.07) is 0. The Morgan fingerprint density at radius 3 is 2.08 bits per heavy atom. The zero-order valence-electron chi connectivity index (χ0n) is 9.00. The molecule has 78 valence electrons. The van der Waals surface area contributed by atoms with E-state index in [0.717, 1.165) is 0 Å². The largest absolute Gasteiger partial charge is 0.410 e. The number of esters is 1. The third-order valence-electron chi connectivity index (χ3n) is 1.54. The first kappa shape index (κ1) is 15.0. The highest BCUT2D eigenvalue weighted by molar-refractivity contribution is 6.15. The first-order valence-electron chi connectivity index (χ1n) is 3.90. The molecule has 3 nitrogen and oxygen atoms in total. The molecule has 0 aromatic carbocycles. The highest BCUT2D eigenvalue weighted by Crippen LogP contribution is 2.03. The highest BCUT2D eigenvalue weighted by atomic mass is 35.5. The lowest BCUT2D eigenvalue weighted by atomic mass is 10.5. The molecule has 0 aromatic rings. The van der Waals surface area contributed by atoms with Crippen LogP contribution in [0.4, 0.5) is 0 Å². The van der Waals surface area contributed by atoms with Crippen LogP contribution >= 0.6 is 11.6 Å². The number of rotatable bonds is 3. The predicted molar refractivity (Wildman–Crippen MR) is 55.6 cm³/mol. The van der Waals surface area contributed by atoms with Crippen molar-refractivity contribution in [1.82, 2.24) is 0 Å². The van der Waals surface area contributed by atoms with E-state index in [4.69, 9.17) is 4.74 Å². The molecular formula is C9H19ClNO2+. The summed E-state index contributed by atoms with van der Waals surface area (Å²) < 4.78 is 5.58. The molecule has 0 saturated heterocycles. The van der Waals surface area contributed by atoms with Crippen molar-refractivity contribution >= 4 is 17.6 Å². The molecule has 0 fully saturated rings. The average molecular weight is 209 g/mol. The average Bonchev–Trinajstić information content (AvgIpc) is 2.06. The van der Waals surface area contributed by atoms with Crippen LogP contribution in [-0.4, -0.2) is 44.2 Å². The zero-order valence-corrected chi connectivity index (χ0v) is 9.76. The third kappa shape index (κ3) is 7.81. The van der Waals surface area contributed by atoms with Crippen LogP contribution in [0.3, 0.4) is 0 Å². The van der Waals surface area contributed by atoms with Gasteiger partial charge in [0.15, 0.2) is 0 Å². The van der Waals surface area contributed by atoms with Gasteiger partial charge in [0.25, 0.3) is 0 Å². The molecule has 0 aliphatic rings. The summed E-state index contributed by atoms with van der Waals surface area (Å²) in [6.07, 6.45) is 2.51. The van der Waals surface area contributed by atoms with Gasteiger partial charge in [-0.05, 0) is 0 Å². The summed E-state index contributed by atoms with van der Waals surface area (Å²) in [6.45, 7) is 5.16. The summed E-state index contributed by atoms with van der Waals surface area (Å²) in [7, 11) is 5.88. The summed E-state index contributed by atoms with van der Waals surface area (Å²) in [4.78, 5) is 10.7. The predicted octanol–water partition coefficient (Wildman–Crippen LogP) is 1.62. The Labute approximate surface area is 85.5 Å². The number of hydrogen-bond donors (Lipinski definition) is 0. The number of ether oxygens (including phenoxy) is 1. The van der Waals surface area contributed by atoms with Crippen LogP contribution in [0.1, 0.15) is 6.92 Å². The van der Waals surface area contributed by atoms with E-state index in [0.29, 0.717) is 4.48 Å². The molecule has 0 amide bonds. The third-order valence-corrected chi connectivity index (χ3v) is 1.54. The fraction of sp³-hybridized carbons (Fsp3) is 0.667. The molecule has 0 radical (unpaired) electrons. The number of alkyl halides is 1. The second-order valence-electron chi connectivity index (χ2n) is 3.36. The molecule has 0 aromatic heterocycles. The maximum Gasteiger partial charge on any atom is 0.334 e. The fourth-order valence-electron chi connectivity index (χ4n) is 0.374. The Morgan fingerprint density at radius 1 is 1.46 bits per heavy atom. The van der Waals surface area contributed by atoms with Crippen molar-refractivity contribution in [3.05, 3.63) is 12.7 Å².